The van der Waals surface area contributed by atoms with Crippen molar-refractivity contribution < 1.29 is 19.0 Å². The van der Waals surface area contributed by atoms with Crippen molar-refractivity contribution in [2.75, 3.05) is 47.1 Å². The minimum atomic E-state index is 0. The van der Waals surface area contributed by atoms with E-state index in [9.17, 15) is 4.79 Å². The van der Waals surface area contributed by atoms with Crippen LogP contribution in [0.25, 0.3) is 0 Å². The number of carbonyl (C=O) groups is 1. The lowest BCUT2D eigenvalue weighted by Crippen LogP contribution is -2.45. The Bertz CT molecular complexity index is 464. The van der Waals surface area contributed by atoms with Crippen LogP contribution in [-0.2, 0) is 9.53 Å². The van der Waals surface area contributed by atoms with Gasteiger partial charge in [-0.3, -0.25) is 4.79 Å². The Kier molecular flexibility index (Phi) is 8.76. The van der Waals surface area contributed by atoms with Gasteiger partial charge in [0.25, 0.3) is 0 Å². The van der Waals surface area contributed by atoms with E-state index in [1.807, 2.05) is 24.3 Å². The molecule has 0 spiro atoms. The highest BCUT2D eigenvalue weighted by atomic mass is 35.5. The van der Waals surface area contributed by atoms with Crippen LogP contribution in [0.3, 0.4) is 0 Å². The summed E-state index contributed by atoms with van der Waals surface area (Å²) in [4.78, 5) is 13.8. The van der Waals surface area contributed by atoms with Gasteiger partial charge >= 0.3 is 0 Å². The molecule has 1 saturated heterocycles. The Morgan fingerprint density at radius 2 is 2.04 bits per heavy atom. The largest absolute Gasteiger partial charge is 0.497 e. The molecular formula is C16H25ClN2O4. The molecule has 0 aromatic heterocycles. The van der Waals surface area contributed by atoms with Crippen LogP contribution in [-0.4, -0.2) is 63.9 Å². The second-order valence-corrected chi connectivity index (χ2v) is 5.27. The van der Waals surface area contributed by atoms with E-state index < -0.39 is 0 Å². The van der Waals surface area contributed by atoms with E-state index in [4.69, 9.17) is 14.2 Å². The maximum atomic E-state index is 12.1. The van der Waals surface area contributed by atoms with Crippen molar-refractivity contribution in [1.29, 1.82) is 0 Å². The van der Waals surface area contributed by atoms with Gasteiger partial charge in [-0.25, -0.2) is 0 Å². The molecule has 1 amide bonds. The summed E-state index contributed by atoms with van der Waals surface area (Å²) in [5.41, 5.74) is 0. The number of hydrogen-bond acceptors (Lipinski definition) is 5. The molecule has 23 heavy (non-hydrogen) atoms. The summed E-state index contributed by atoms with van der Waals surface area (Å²) in [5.74, 6) is 1.66. The lowest BCUT2D eigenvalue weighted by atomic mass is 10.2. The maximum absolute atomic E-state index is 12.1. The second kappa shape index (κ2) is 10.3. The molecule has 1 atom stereocenters. The summed E-state index contributed by atoms with van der Waals surface area (Å²) >= 11 is 0. The zero-order valence-electron chi connectivity index (χ0n) is 13.6. The van der Waals surface area contributed by atoms with Crippen molar-refractivity contribution in [3.63, 3.8) is 0 Å². The summed E-state index contributed by atoms with van der Waals surface area (Å²) in [6.07, 6.45) is 0.457. The number of morpholine rings is 1. The SMILES string of the molecule is COc1ccc(OCCN(C)C(=O)CC2COCCN2)cc1.Cl. The molecule has 0 saturated carbocycles. The van der Waals surface area contributed by atoms with Crippen LogP contribution in [0.15, 0.2) is 24.3 Å². The molecule has 1 aliphatic heterocycles. The van der Waals surface area contributed by atoms with Gasteiger partial charge in [0.05, 0.1) is 26.9 Å². The van der Waals surface area contributed by atoms with Crippen molar-refractivity contribution in [3.05, 3.63) is 24.3 Å². The number of rotatable bonds is 7. The molecule has 2 rings (SSSR count). The number of ether oxygens (including phenoxy) is 3. The summed E-state index contributed by atoms with van der Waals surface area (Å²) in [6.45, 7) is 3.14. The third kappa shape index (κ3) is 6.64. The topological polar surface area (TPSA) is 60.0 Å². The molecule has 6 nitrogen and oxygen atoms in total. The first kappa shape index (κ1) is 19.5. The van der Waals surface area contributed by atoms with Crippen LogP contribution < -0.4 is 14.8 Å². The van der Waals surface area contributed by atoms with Crippen molar-refractivity contribution >= 4 is 18.3 Å². The van der Waals surface area contributed by atoms with Gasteiger partial charge in [0.15, 0.2) is 0 Å². The molecule has 1 fully saturated rings. The summed E-state index contributed by atoms with van der Waals surface area (Å²) in [7, 11) is 3.42. The molecular weight excluding hydrogens is 320 g/mol. The van der Waals surface area contributed by atoms with E-state index >= 15 is 0 Å². The predicted octanol–water partition coefficient (Wildman–Crippen LogP) is 1.33. The molecule has 7 heteroatoms. The Labute approximate surface area is 143 Å². The zero-order chi connectivity index (χ0) is 15.8. The molecule has 1 heterocycles. The van der Waals surface area contributed by atoms with Gasteiger partial charge in [-0.05, 0) is 24.3 Å². The van der Waals surface area contributed by atoms with E-state index in [2.05, 4.69) is 5.32 Å². The van der Waals surface area contributed by atoms with Crippen LogP contribution in [0.5, 0.6) is 11.5 Å². The number of carbonyl (C=O) groups excluding carboxylic acids is 1. The number of hydrogen-bond donors (Lipinski definition) is 1. The monoisotopic (exact) mass is 344 g/mol. The lowest BCUT2D eigenvalue weighted by molar-refractivity contribution is -0.131. The number of benzene rings is 1. The van der Waals surface area contributed by atoms with Crippen LogP contribution in [0.4, 0.5) is 0 Å². The summed E-state index contributed by atoms with van der Waals surface area (Å²) in [6, 6.07) is 7.51. The fourth-order valence-corrected chi connectivity index (χ4v) is 2.21. The fraction of sp³-hybridized carbons (Fsp3) is 0.562. The van der Waals surface area contributed by atoms with Crippen molar-refractivity contribution in [3.8, 4) is 11.5 Å². The average Bonchev–Trinajstić information content (AvgIpc) is 2.56. The first-order valence-corrected chi connectivity index (χ1v) is 7.51. The average molecular weight is 345 g/mol. The Morgan fingerprint density at radius 3 is 2.65 bits per heavy atom. The molecule has 1 aliphatic rings. The molecule has 1 unspecified atom stereocenters. The van der Waals surface area contributed by atoms with Gasteiger partial charge in [-0.2, -0.15) is 0 Å². The van der Waals surface area contributed by atoms with Crippen LogP contribution >= 0.6 is 12.4 Å². The second-order valence-electron chi connectivity index (χ2n) is 5.27. The smallest absolute Gasteiger partial charge is 0.224 e. The maximum Gasteiger partial charge on any atom is 0.224 e. The first-order chi connectivity index (χ1) is 10.7. The normalized spacial score (nSPS) is 17.0. The van der Waals surface area contributed by atoms with Gasteiger partial charge in [0.1, 0.15) is 18.1 Å². The highest BCUT2D eigenvalue weighted by molar-refractivity contribution is 5.85. The number of methoxy groups -OCH3 is 1. The quantitative estimate of drug-likeness (QED) is 0.808. The number of nitrogens with zero attached hydrogens (tertiary/aromatic N) is 1. The number of likely N-dealkylation sites (N-methyl/N-ethyl adjacent to an activating group) is 1. The molecule has 0 aliphatic carbocycles. The van der Waals surface area contributed by atoms with Crippen molar-refractivity contribution in [2.24, 2.45) is 0 Å². The van der Waals surface area contributed by atoms with E-state index in [-0.39, 0.29) is 24.4 Å². The molecule has 1 N–H and O–H groups in total. The van der Waals surface area contributed by atoms with Crippen LogP contribution in [0.2, 0.25) is 0 Å². The number of amides is 1. The minimum Gasteiger partial charge on any atom is -0.497 e. The van der Waals surface area contributed by atoms with E-state index in [0.29, 0.717) is 26.2 Å². The predicted molar refractivity (Wildman–Crippen MR) is 90.6 cm³/mol. The van der Waals surface area contributed by atoms with Gasteiger partial charge in [-0.15, -0.1) is 12.4 Å². The standard InChI is InChI=1S/C16H24N2O4.ClH/c1-18(16(19)11-13-12-21-9-7-17-13)8-10-22-15-5-3-14(20-2)4-6-15;/h3-6,13,17H,7-12H2,1-2H3;1H. The molecule has 130 valence electrons. The highest BCUT2D eigenvalue weighted by Crippen LogP contribution is 2.16. The molecule has 1 aromatic rings. The minimum absolute atomic E-state index is 0. The Hall–Kier alpha value is -1.50. The Balaban J connectivity index is 0.00000264. The number of halogens is 1. The fourth-order valence-electron chi connectivity index (χ4n) is 2.21. The van der Waals surface area contributed by atoms with Gasteiger partial charge in [0.2, 0.25) is 5.91 Å². The zero-order valence-corrected chi connectivity index (χ0v) is 14.4. The van der Waals surface area contributed by atoms with Gasteiger partial charge < -0.3 is 24.4 Å². The van der Waals surface area contributed by atoms with Crippen molar-refractivity contribution in [1.82, 2.24) is 10.2 Å². The van der Waals surface area contributed by atoms with E-state index in [1.54, 1.807) is 19.1 Å². The third-order valence-electron chi connectivity index (χ3n) is 3.60. The van der Waals surface area contributed by atoms with E-state index in [0.717, 1.165) is 24.7 Å². The van der Waals surface area contributed by atoms with Gasteiger partial charge in [-0.1, -0.05) is 0 Å². The van der Waals surface area contributed by atoms with Crippen LogP contribution in [0.1, 0.15) is 6.42 Å². The van der Waals surface area contributed by atoms with Crippen molar-refractivity contribution in [2.45, 2.75) is 12.5 Å². The van der Waals surface area contributed by atoms with Gasteiger partial charge in [0, 0.05) is 26.1 Å². The molecule has 0 radical (unpaired) electrons. The third-order valence-corrected chi connectivity index (χ3v) is 3.60. The molecule has 1 aromatic carbocycles. The first-order valence-electron chi connectivity index (χ1n) is 7.51. The summed E-state index contributed by atoms with van der Waals surface area (Å²) in [5, 5.41) is 3.28. The van der Waals surface area contributed by atoms with E-state index in [1.165, 1.54) is 0 Å². The summed E-state index contributed by atoms with van der Waals surface area (Å²) < 4.78 is 16.1. The molecule has 0 bridgehead atoms. The Morgan fingerprint density at radius 1 is 1.35 bits per heavy atom. The number of nitrogens with one attached hydrogen (secondary N) is 1. The lowest BCUT2D eigenvalue weighted by Gasteiger charge is -2.25. The highest BCUT2D eigenvalue weighted by Gasteiger charge is 2.19. The van der Waals surface area contributed by atoms with Crippen LogP contribution in [0, 0.1) is 0 Å².